The molecular weight excluding hydrogens is 318 g/mol. The van der Waals surface area contributed by atoms with Crippen LogP contribution in [0, 0.1) is 0 Å². The zero-order valence-corrected chi connectivity index (χ0v) is 15.0. The molecule has 3 rings (SSSR count). The molecule has 0 aromatic heterocycles. The lowest BCUT2D eigenvalue weighted by atomic mass is 9.88. The third-order valence-corrected chi connectivity index (χ3v) is 4.39. The monoisotopic (exact) mass is 343 g/mol. The van der Waals surface area contributed by atoms with Crippen LogP contribution in [0.3, 0.4) is 0 Å². The molecule has 3 nitrogen and oxygen atoms in total. The van der Waals surface area contributed by atoms with Crippen LogP contribution < -0.4 is 5.32 Å². The SMILES string of the molecule is CN1CCCN=C1NCCC(c1ccccc1)c1ccccc1.Cl. The highest BCUT2D eigenvalue weighted by Crippen LogP contribution is 2.27. The lowest BCUT2D eigenvalue weighted by molar-refractivity contribution is 0.444. The summed E-state index contributed by atoms with van der Waals surface area (Å²) in [6.07, 6.45) is 2.21. The first-order valence-electron chi connectivity index (χ1n) is 8.44. The molecule has 0 radical (unpaired) electrons. The number of rotatable bonds is 5. The minimum absolute atomic E-state index is 0. The van der Waals surface area contributed by atoms with Crippen LogP contribution in [-0.4, -0.2) is 37.5 Å². The Balaban J connectivity index is 0.00000208. The number of nitrogens with one attached hydrogen (secondary N) is 1. The van der Waals surface area contributed by atoms with Crippen molar-refractivity contribution in [3.05, 3.63) is 71.8 Å². The minimum atomic E-state index is 0. The molecule has 0 bridgehead atoms. The van der Waals surface area contributed by atoms with Gasteiger partial charge in [-0.2, -0.15) is 0 Å². The molecule has 1 aliphatic rings. The molecule has 4 heteroatoms. The zero-order valence-electron chi connectivity index (χ0n) is 14.2. The molecule has 0 unspecified atom stereocenters. The predicted molar refractivity (Wildman–Crippen MR) is 104 cm³/mol. The predicted octanol–water partition coefficient (Wildman–Crippen LogP) is 3.91. The van der Waals surface area contributed by atoms with E-state index in [2.05, 4.69) is 82.9 Å². The van der Waals surface area contributed by atoms with Crippen LogP contribution in [0.5, 0.6) is 0 Å². The van der Waals surface area contributed by atoms with Gasteiger partial charge in [-0.25, -0.2) is 0 Å². The van der Waals surface area contributed by atoms with Gasteiger partial charge in [0.05, 0.1) is 0 Å². The van der Waals surface area contributed by atoms with Gasteiger partial charge in [-0.3, -0.25) is 4.99 Å². The number of halogens is 1. The molecule has 0 atom stereocenters. The summed E-state index contributed by atoms with van der Waals surface area (Å²) >= 11 is 0. The van der Waals surface area contributed by atoms with E-state index >= 15 is 0 Å². The molecule has 0 amide bonds. The third-order valence-electron chi connectivity index (χ3n) is 4.39. The van der Waals surface area contributed by atoms with Crippen molar-refractivity contribution in [3.8, 4) is 0 Å². The van der Waals surface area contributed by atoms with Gasteiger partial charge in [-0.15, -0.1) is 12.4 Å². The Morgan fingerprint density at radius 2 is 1.58 bits per heavy atom. The first-order valence-corrected chi connectivity index (χ1v) is 8.44. The minimum Gasteiger partial charge on any atom is -0.356 e. The van der Waals surface area contributed by atoms with E-state index in [1.54, 1.807) is 0 Å². The third kappa shape index (κ3) is 4.75. The molecule has 0 spiro atoms. The van der Waals surface area contributed by atoms with E-state index in [0.29, 0.717) is 5.92 Å². The van der Waals surface area contributed by atoms with Gasteiger partial charge in [0.2, 0.25) is 0 Å². The van der Waals surface area contributed by atoms with Crippen LogP contribution in [0.1, 0.15) is 29.9 Å². The summed E-state index contributed by atoms with van der Waals surface area (Å²) in [5.41, 5.74) is 2.75. The van der Waals surface area contributed by atoms with Crippen LogP contribution in [-0.2, 0) is 0 Å². The first-order chi connectivity index (χ1) is 11.3. The number of benzene rings is 2. The first kappa shape index (κ1) is 18.3. The van der Waals surface area contributed by atoms with Crippen molar-refractivity contribution in [1.82, 2.24) is 10.2 Å². The molecule has 1 N–H and O–H groups in total. The van der Waals surface area contributed by atoms with Gasteiger partial charge < -0.3 is 10.2 Å². The number of aliphatic imine (C=N–C) groups is 1. The molecule has 0 fully saturated rings. The average molecular weight is 344 g/mol. The zero-order chi connectivity index (χ0) is 15.9. The molecule has 2 aromatic rings. The van der Waals surface area contributed by atoms with Gasteiger partial charge >= 0.3 is 0 Å². The topological polar surface area (TPSA) is 27.6 Å². The number of hydrogen-bond donors (Lipinski definition) is 1. The van der Waals surface area contributed by atoms with Gasteiger partial charge in [-0.05, 0) is 24.0 Å². The van der Waals surface area contributed by atoms with Crippen molar-refractivity contribution in [2.24, 2.45) is 4.99 Å². The van der Waals surface area contributed by atoms with E-state index in [-0.39, 0.29) is 12.4 Å². The van der Waals surface area contributed by atoms with Crippen molar-refractivity contribution < 1.29 is 0 Å². The van der Waals surface area contributed by atoms with Crippen molar-refractivity contribution in [2.45, 2.75) is 18.8 Å². The summed E-state index contributed by atoms with van der Waals surface area (Å²) in [6.45, 7) is 2.96. The Kier molecular flexibility index (Phi) is 7.13. The Bertz CT molecular complexity index is 588. The molecule has 0 saturated heterocycles. The van der Waals surface area contributed by atoms with E-state index in [0.717, 1.165) is 38.4 Å². The van der Waals surface area contributed by atoms with E-state index in [1.165, 1.54) is 11.1 Å². The van der Waals surface area contributed by atoms with E-state index < -0.39 is 0 Å². The normalized spacial score (nSPS) is 14.1. The molecule has 1 heterocycles. The highest BCUT2D eigenvalue weighted by atomic mass is 35.5. The second-order valence-corrected chi connectivity index (χ2v) is 6.07. The second kappa shape index (κ2) is 9.33. The molecular formula is C20H26ClN3. The van der Waals surface area contributed by atoms with Crippen molar-refractivity contribution in [3.63, 3.8) is 0 Å². The molecule has 0 aliphatic carbocycles. The molecule has 2 aromatic carbocycles. The van der Waals surface area contributed by atoms with Crippen LogP contribution in [0.25, 0.3) is 0 Å². The molecule has 24 heavy (non-hydrogen) atoms. The fraction of sp³-hybridized carbons (Fsp3) is 0.350. The number of nitrogens with zero attached hydrogens (tertiary/aromatic N) is 2. The summed E-state index contributed by atoms with van der Waals surface area (Å²) in [5.74, 6) is 1.45. The molecule has 128 valence electrons. The van der Waals surface area contributed by atoms with E-state index in [1.807, 2.05) is 0 Å². The number of guanidine groups is 1. The van der Waals surface area contributed by atoms with Gasteiger partial charge in [0.25, 0.3) is 0 Å². The van der Waals surface area contributed by atoms with Gasteiger partial charge in [0.15, 0.2) is 5.96 Å². The molecule has 0 saturated carbocycles. The summed E-state index contributed by atoms with van der Waals surface area (Å²) in [7, 11) is 2.11. The van der Waals surface area contributed by atoms with E-state index in [4.69, 9.17) is 0 Å². The van der Waals surface area contributed by atoms with Gasteiger partial charge in [-0.1, -0.05) is 60.7 Å². The standard InChI is InChI=1S/C20H25N3.ClH/c1-23-16-8-14-21-20(23)22-15-13-19(17-9-4-2-5-10-17)18-11-6-3-7-12-18;/h2-7,9-12,19H,8,13-16H2,1H3,(H,21,22);1H. The van der Waals surface area contributed by atoms with Crippen LogP contribution in [0.15, 0.2) is 65.7 Å². The van der Waals surface area contributed by atoms with Crippen molar-refractivity contribution in [1.29, 1.82) is 0 Å². The van der Waals surface area contributed by atoms with Crippen LogP contribution >= 0.6 is 12.4 Å². The maximum atomic E-state index is 4.58. The quantitative estimate of drug-likeness (QED) is 0.891. The Labute approximate surface area is 151 Å². The second-order valence-electron chi connectivity index (χ2n) is 6.07. The van der Waals surface area contributed by atoms with E-state index in [9.17, 15) is 0 Å². The van der Waals surface area contributed by atoms with Gasteiger partial charge in [0.1, 0.15) is 0 Å². The lowest BCUT2D eigenvalue weighted by Crippen LogP contribution is -2.42. The summed E-state index contributed by atoms with van der Waals surface area (Å²) in [4.78, 5) is 6.80. The van der Waals surface area contributed by atoms with Crippen molar-refractivity contribution >= 4 is 18.4 Å². The lowest BCUT2D eigenvalue weighted by Gasteiger charge is -2.26. The van der Waals surface area contributed by atoms with Crippen LogP contribution in [0.4, 0.5) is 0 Å². The fourth-order valence-electron chi connectivity index (χ4n) is 3.14. The Morgan fingerprint density at radius 1 is 1.00 bits per heavy atom. The molecule has 1 aliphatic heterocycles. The number of hydrogen-bond acceptors (Lipinski definition) is 3. The Hall–Kier alpha value is -2.00. The summed E-state index contributed by atoms with van der Waals surface area (Å²) in [6, 6.07) is 21.5. The van der Waals surface area contributed by atoms with Crippen LogP contribution in [0.2, 0.25) is 0 Å². The highest BCUT2D eigenvalue weighted by molar-refractivity contribution is 5.85. The fourth-order valence-corrected chi connectivity index (χ4v) is 3.14. The highest BCUT2D eigenvalue weighted by Gasteiger charge is 2.15. The maximum absolute atomic E-state index is 4.58. The summed E-state index contributed by atoms with van der Waals surface area (Å²) in [5, 5.41) is 3.52. The van der Waals surface area contributed by atoms with Crippen molar-refractivity contribution in [2.75, 3.05) is 26.7 Å². The average Bonchev–Trinajstić information content (AvgIpc) is 2.62. The maximum Gasteiger partial charge on any atom is 0.193 e. The summed E-state index contributed by atoms with van der Waals surface area (Å²) < 4.78 is 0. The smallest absolute Gasteiger partial charge is 0.193 e. The Morgan fingerprint density at radius 3 is 2.12 bits per heavy atom. The van der Waals surface area contributed by atoms with Gasteiger partial charge in [0, 0.05) is 32.6 Å². The largest absolute Gasteiger partial charge is 0.356 e.